The first-order valence-corrected chi connectivity index (χ1v) is 9.79. The van der Waals surface area contributed by atoms with Crippen LogP contribution in [0.2, 0.25) is 0 Å². The molecule has 6 nitrogen and oxygen atoms in total. The molecule has 1 aliphatic heterocycles. The predicted molar refractivity (Wildman–Crippen MR) is 114 cm³/mol. The molecule has 3 aromatic carbocycles. The maximum atomic E-state index is 14.5. The second-order valence-electron chi connectivity index (χ2n) is 7.14. The Balaban J connectivity index is 1.59. The van der Waals surface area contributed by atoms with E-state index in [4.69, 9.17) is 19.9 Å². The molecule has 160 valence electrons. The lowest BCUT2D eigenvalue weighted by atomic mass is 9.83. The van der Waals surface area contributed by atoms with E-state index in [1.165, 1.54) is 12.1 Å². The van der Waals surface area contributed by atoms with E-state index in [1.807, 2.05) is 6.07 Å². The van der Waals surface area contributed by atoms with E-state index in [9.17, 15) is 14.4 Å². The largest absolute Gasteiger partial charge is 0.497 e. The zero-order chi connectivity index (χ0) is 22.7. The van der Waals surface area contributed by atoms with Crippen molar-refractivity contribution in [2.45, 2.75) is 12.3 Å². The number of nitrogens with two attached hydrogens (primary N) is 1. The van der Waals surface area contributed by atoms with Gasteiger partial charge in [0.2, 0.25) is 5.88 Å². The van der Waals surface area contributed by atoms with Crippen LogP contribution in [0.5, 0.6) is 17.2 Å². The van der Waals surface area contributed by atoms with E-state index in [-0.39, 0.29) is 23.6 Å². The zero-order valence-electron chi connectivity index (χ0n) is 17.2. The number of methoxy groups -OCH3 is 1. The first kappa shape index (κ1) is 20.9. The number of fused-ring (bicyclic) bond motifs is 1. The lowest BCUT2D eigenvalue weighted by Crippen LogP contribution is -2.22. The molecule has 1 unspecified atom stereocenters. The highest BCUT2D eigenvalue weighted by molar-refractivity contribution is 5.75. The standard InChI is InChI=1S/C25H19FN2O4/c1-30-16-8-6-15(7-9-16)12-23(29)31-17-10-11-19-22(13-17)32-25(28)20(14-27)24(19)18-4-2-3-5-21(18)26/h2-11,13,24H,12,28H2,1H3. The number of rotatable bonds is 5. The summed E-state index contributed by atoms with van der Waals surface area (Å²) in [5.41, 5.74) is 7.70. The molecule has 0 bridgehead atoms. The van der Waals surface area contributed by atoms with Gasteiger partial charge in [-0.2, -0.15) is 5.26 Å². The predicted octanol–water partition coefficient (Wildman–Crippen LogP) is 4.20. The van der Waals surface area contributed by atoms with Crippen LogP contribution in [0, 0.1) is 17.1 Å². The van der Waals surface area contributed by atoms with Crippen LogP contribution in [0.15, 0.2) is 78.2 Å². The smallest absolute Gasteiger partial charge is 0.315 e. The minimum Gasteiger partial charge on any atom is -0.497 e. The van der Waals surface area contributed by atoms with Crippen molar-refractivity contribution >= 4 is 5.97 Å². The lowest BCUT2D eigenvalue weighted by Gasteiger charge is -2.27. The van der Waals surface area contributed by atoms with E-state index in [2.05, 4.69) is 0 Å². The monoisotopic (exact) mass is 430 g/mol. The Morgan fingerprint density at radius 1 is 1.09 bits per heavy atom. The van der Waals surface area contributed by atoms with Crippen LogP contribution >= 0.6 is 0 Å². The van der Waals surface area contributed by atoms with Gasteiger partial charge in [0.1, 0.15) is 34.7 Å². The van der Waals surface area contributed by atoms with Gasteiger partial charge in [0.25, 0.3) is 0 Å². The maximum Gasteiger partial charge on any atom is 0.315 e. The van der Waals surface area contributed by atoms with Crippen molar-refractivity contribution in [1.29, 1.82) is 5.26 Å². The molecular formula is C25H19FN2O4. The quantitative estimate of drug-likeness (QED) is 0.482. The number of esters is 1. The van der Waals surface area contributed by atoms with Gasteiger partial charge in [-0.15, -0.1) is 0 Å². The van der Waals surface area contributed by atoms with Crippen LogP contribution < -0.4 is 19.9 Å². The Hall–Kier alpha value is -4.31. The Morgan fingerprint density at radius 3 is 2.50 bits per heavy atom. The second-order valence-corrected chi connectivity index (χ2v) is 7.14. The molecule has 3 aromatic rings. The molecule has 0 amide bonds. The van der Waals surface area contributed by atoms with Crippen molar-refractivity contribution in [3.63, 3.8) is 0 Å². The van der Waals surface area contributed by atoms with Gasteiger partial charge in [0.05, 0.1) is 19.4 Å². The molecule has 1 heterocycles. The summed E-state index contributed by atoms with van der Waals surface area (Å²) in [5.74, 6) is -0.518. The highest BCUT2D eigenvalue weighted by Crippen LogP contribution is 2.44. The normalized spacial score (nSPS) is 14.7. The highest BCUT2D eigenvalue weighted by Gasteiger charge is 2.32. The average Bonchev–Trinajstić information content (AvgIpc) is 2.79. The topological polar surface area (TPSA) is 94.6 Å². The molecule has 32 heavy (non-hydrogen) atoms. The number of nitriles is 1. The molecule has 0 aromatic heterocycles. The third kappa shape index (κ3) is 4.12. The number of ether oxygens (including phenoxy) is 3. The first-order chi connectivity index (χ1) is 15.5. The van der Waals surface area contributed by atoms with Crippen molar-refractivity contribution in [1.82, 2.24) is 0 Å². The fraction of sp³-hybridized carbons (Fsp3) is 0.120. The fourth-order valence-electron chi connectivity index (χ4n) is 3.61. The van der Waals surface area contributed by atoms with E-state index in [0.717, 1.165) is 5.56 Å². The molecule has 0 radical (unpaired) electrons. The van der Waals surface area contributed by atoms with Gasteiger partial charge in [-0.25, -0.2) is 4.39 Å². The van der Waals surface area contributed by atoms with Crippen molar-refractivity contribution < 1.29 is 23.4 Å². The molecule has 2 N–H and O–H groups in total. The number of carbonyl (C=O) groups excluding carboxylic acids is 1. The van der Waals surface area contributed by atoms with Gasteiger partial charge >= 0.3 is 5.97 Å². The summed E-state index contributed by atoms with van der Waals surface area (Å²) >= 11 is 0. The maximum absolute atomic E-state index is 14.5. The van der Waals surface area contributed by atoms with E-state index in [0.29, 0.717) is 22.6 Å². The number of nitrogens with zero attached hydrogens (tertiary/aromatic N) is 1. The summed E-state index contributed by atoms with van der Waals surface area (Å²) in [6.07, 6.45) is 0.0699. The minimum atomic E-state index is -0.728. The molecule has 1 aliphatic rings. The number of carbonyl (C=O) groups is 1. The van der Waals surface area contributed by atoms with Crippen LogP contribution in [0.1, 0.15) is 22.6 Å². The zero-order valence-corrected chi connectivity index (χ0v) is 17.2. The van der Waals surface area contributed by atoms with Crippen LogP contribution in [-0.4, -0.2) is 13.1 Å². The Labute approximate surface area is 184 Å². The molecule has 0 aliphatic carbocycles. The molecule has 0 fully saturated rings. The number of halogens is 1. The third-order valence-corrected chi connectivity index (χ3v) is 5.15. The Bertz CT molecular complexity index is 1250. The van der Waals surface area contributed by atoms with Gasteiger partial charge in [0.15, 0.2) is 0 Å². The number of hydrogen-bond acceptors (Lipinski definition) is 6. The van der Waals surface area contributed by atoms with Crippen LogP contribution in [-0.2, 0) is 11.2 Å². The Morgan fingerprint density at radius 2 is 1.81 bits per heavy atom. The fourth-order valence-corrected chi connectivity index (χ4v) is 3.61. The summed E-state index contributed by atoms with van der Waals surface area (Å²) in [5, 5.41) is 9.59. The summed E-state index contributed by atoms with van der Waals surface area (Å²) < 4.78 is 30.7. The summed E-state index contributed by atoms with van der Waals surface area (Å²) in [6, 6.07) is 20.0. The Kier molecular flexibility index (Phi) is 5.77. The molecule has 0 spiro atoms. The number of allylic oxidation sites excluding steroid dienone is 1. The van der Waals surface area contributed by atoms with Crippen molar-refractivity contribution in [3.05, 3.63) is 101 Å². The van der Waals surface area contributed by atoms with E-state index >= 15 is 0 Å². The molecule has 1 atom stereocenters. The number of benzene rings is 3. The van der Waals surface area contributed by atoms with Crippen LogP contribution in [0.25, 0.3) is 0 Å². The number of hydrogen-bond donors (Lipinski definition) is 1. The molecule has 4 rings (SSSR count). The van der Waals surface area contributed by atoms with Crippen LogP contribution in [0.4, 0.5) is 4.39 Å². The molecule has 7 heteroatoms. The van der Waals surface area contributed by atoms with Crippen molar-refractivity contribution in [2.24, 2.45) is 5.73 Å². The van der Waals surface area contributed by atoms with Crippen LogP contribution in [0.3, 0.4) is 0 Å². The average molecular weight is 430 g/mol. The molecule has 0 saturated heterocycles. The minimum absolute atomic E-state index is 0.0699. The van der Waals surface area contributed by atoms with Crippen molar-refractivity contribution in [3.8, 4) is 23.3 Å². The molecule has 0 saturated carbocycles. The first-order valence-electron chi connectivity index (χ1n) is 9.79. The summed E-state index contributed by atoms with van der Waals surface area (Å²) in [7, 11) is 1.57. The molecular weight excluding hydrogens is 411 g/mol. The van der Waals surface area contributed by atoms with Gasteiger partial charge in [0, 0.05) is 17.2 Å². The van der Waals surface area contributed by atoms with Gasteiger partial charge in [-0.3, -0.25) is 4.79 Å². The van der Waals surface area contributed by atoms with Gasteiger partial charge in [-0.1, -0.05) is 36.4 Å². The van der Waals surface area contributed by atoms with Gasteiger partial charge < -0.3 is 19.9 Å². The third-order valence-electron chi connectivity index (χ3n) is 5.15. The van der Waals surface area contributed by atoms with E-state index < -0.39 is 17.7 Å². The lowest BCUT2D eigenvalue weighted by molar-refractivity contribution is -0.133. The van der Waals surface area contributed by atoms with Crippen molar-refractivity contribution in [2.75, 3.05) is 7.11 Å². The second kappa shape index (κ2) is 8.82. The van der Waals surface area contributed by atoms with Gasteiger partial charge in [-0.05, 0) is 29.8 Å². The summed E-state index contributed by atoms with van der Waals surface area (Å²) in [6.45, 7) is 0. The summed E-state index contributed by atoms with van der Waals surface area (Å²) in [4.78, 5) is 12.4. The highest BCUT2D eigenvalue weighted by atomic mass is 19.1. The van der Waals surface area contributed by atoms with E-state index in [1.54, 1.807) is 61.7 Å². The SMILES string of the molecule is COc1ccc(CC(=O)Oc2ccc3c(c2)OC(N)=C(C#N)C3c2ccccc2F)cc1.